The van der Waals surface area contributed by atoms with Crippen LogP contribution in [0, 0.1) is 0 Å². The van der Waals surface area contributed by atoms with Gasteiger partial charge in [0.1, 0.15) is 11.3 Å². The third-order valence-electron chi connectivity index (χ3n) is 4.13. The van der Waals surface area contributed by atoms with Crippen molar-refractivity contribution >= 4 is 11.2 Å². The number of benzene rings is 1. The van der Waals surface area contributed by atoms with E-state index in [1.165, 1.54) is 12.8 Å². The topological polar surface area (TPSA) is 65.0 Å². The first-order valence-corrected chi connectivity index (χ1v) is 7.37. The number of para-hydroxylation sites is 1. The number of fused-ring (bicyclic) bond motifs is 1. The summed E-state index contributed by atoms with van der Waals surface area (Å²) in [4.78, 5) is 8.13. The summed E-state index contributed by atoms with van der Waals surface area (Å²) in [5.41, 5.74) is 3.92. The van der Waals surface area contributed by atoms with E-state index in [-0.39, 0.29) is 0 Å². The SMILES string of the molecule is COc1cccc(-c2nc3c([nH]2)c(C2CC2)nn3C)c1OC. The van der Waals surface area contributed by atoms with E-state index in [9.17, 15) is 0 Å². The van der Waals surface area contributed by atoms with Crippen LogP contribution in [-0.2, 0) is 7.05 Å². The first-order valence-electron chi connectivity index (χ1n) is 7.37. The summed E-state index contributed by atoms with van der Waals surface area (Å²) >= 11 is 0. The molecule has 0 amide bonds. The summed E-state index contributed by atoms with van der Waals surface area (Å²) < 4.78 is 12.7. The van der Waals surface area contributed by atoms with E-state index in [1.807, 2.05) is 29.9 Å². The maximum Gasteiger partial charge on any atom is 0.176 e. The third kappa shape index (κ3) is 1.87. The molecule has 0 spiro atoms. The number of ether oxygens (including phenoxy) is 2. The van der Waals surface area contributed by atoms with Gasteiger partial charge in [-0.2, -0.15) is 5.10 Å². The van der Waals surface area contributed by atoms with E-state index in [0.29, 0.717) is 17.4 Å². The highest BCUT2D eigenvalue weighted by Gasteiger charge is 2.30. The van der Waals surface area contributed by atoms with Crippen molar-refractivity contribution in [1.29, 1.82) is 0 Å². The van der Waals surface area contributed by atoms with Crippen LogP contribution in [0.1, 0.15) is 24.5 Å². The van der Waals surface area contributed by atoms with Crippen molar-refractivity contribution in [2.24, 2.45) is 7.05 Å². The van der Waals surface area contributed by atoms with Gasteiger partial charge in [-0.3, -0.25) is 0 Å². The summed E-state index contributed by atoms with van der Waals surface area (Å²) in [5.74, 6) is 2.73. The lowest BCUT2D eigenvalue weighted by molar-refractivity contribution is 0.356. The van der Waals surface area contributed by atoms with Crippen LogP contribution in [0.4, 0.5) is 0 Å². The summed E-state index contributed by atoms with van der Waals surface area (Å²) in [6, 6.07) is 5.79. The van der Waals surface area contributed by atoms with Gasteiger partial charge in [-0.15, -0.1) is 0 Å². The van der Waals surface area contributed by atoms with Gasteiger partial charge in [0.2, 0.25) is 0 Å². The van der Waals surface area contributed by atoms with Gasteiger partial charge in [-0.05, 0) is 25.0 Å². The van der Waals surface area contributed by atoms with Gasteiger partial charge in [0.25, 0.3) is 0 Å². The van der Waals surface area contributed by atoms with Gasteiger partial charge in [0.05, 0.1) is 25.5 Å². The second kappa shape index (κ2) is 4.76. The number of methoxy groups -OCH3 is 2. The van der Waals surface area contributed by atoms with E-state index in [2.05, 4.69) is 10.1 Å². The Kier molecular flexibility index (Phi) is 2.85. The molecule has 2 aromatic heterocycles. The average molecular weight is 298 g/mol. The van der Waals surface area contributed by atoms with Crippen LogP contribution < -0.4 is 9.47 Å². The zero-order valence-corrected chi connectivity index (χ0v) is 12.9. The summed E-state index contributed by atoms with van der Waals surface area (Å²) in [7, 11) is 5.21. The molecule has 6 nitrogen and oxygen atoms in total. The predicted octanol–water partition coefficient (Wildman–Crippen LogP) is 2.86. The number of aromatic amines is 1. The molecule has 0 bridgehead atoms. The van der Waals surface area contributed by atoms with Crippen molar-refractivity contribution in [2.75, 3.05) is 14.2 Å². The van der Waals surface area contributed by atoms with Crippen LogP contribution in [0.3, 0.4) is 0 Å². The molecule has 0 atom stereocenters. The highest BCUT2D eigenvalue weighted by Crippen LogP contribution is 2.43. The number of rotatable bonds is 4. The molecule has 0 unspecified atom stereocenters. The Morgan fingerprint density at radius 1 is 1.23 bits per heavy atom. The first kappa shape index (κ1) is 13.2. The van der Waals surface area contributed by atoms with Crippen LogP contribution >= 0.6 is 0 Å². The fourth-order valence-corrected chi connectivity index (χ4v) is 2.88. The number of aromatic nitrogens is 4. The van der Waals surface area contributed by atoms with Gasteiger partial charge in [-0.25, -0.2) is 9.67 Å². The highest BCUT2D eigenvalue weighted by molar-refractivity contribution is 5.81. The zero-order valence-electron chi connectivity index (χ0n) is 12.9. The van der Waals surface area contributed by atoms with Crippen molar-refractivity contribution in [3.8, 4) is 22.9 Å². The molecule has 2 heterocycles. The lowest BCUT2D eigenvalue weighted by atomic mass is 10.1. The smallest absolute Gasteiger partial charge is 0.176 e. The van der Waals surface area contributed by atoms with Crippen molar-refractivity contribution in [3.63, 3.8) is 0 Å². The van der Waals surface area contributed by atoms with Gasteiger partial charge in [0.15, 0.2) is 17.1 Å². The Morgan fingerprint density at radius 3 is 2.73 bits per heavy atom. The lowest BCUT2D eigenvalue weighted by Crippen LogP contribution is -1.96. The van der Waals surface area contributed by atoms with E-state index < -0.39 is 0 Å². The molecule has 0 saturated heterocycles. The predicted molar refractivity (Wildman–Crippen MR) is 83.4 cm³/mol. The summed E-state index contributed by atoms with van der Waals surface area (Å²) in [6.45, 7) is 0. The van der Waals surface area contributed by atoms with Crippen LogP contribution in [0.15, 0.2) is 18.2 Å². The average Bonchev–Trinajstić information content (AvgIpc) is 3.21. The molecule has 114 valence electrons. The second-order valence-corrected chi connectivity index (χ2v) is 5.61. The minimum Gasteiger partial charge on any atom is -0.493 e. The van der Waals surface area contributed by atoms with E-state index >= 15 is 0 Å². The molecular formula is C16H18N4O2. The molecule has 1 N–H and O–H groups in total. The Balaban J connectivity index is 1.90. The molecule has 22 heavy (non-hydrogen) atoms. The Hall–Kier alpha value is -2.50. The van der Waals surface area contributed by atoms with Crippen molar-refractivity contribution < 1.29 is 9.47 Å². The Morgan fingerprint density at radius 2 is 2.05 bits per heavy atom. The highest BCUT2D eigenvalue weighted by atomic mass is 16.5. The van der Waals surface area contributed by atoms with Crippen molar-refractivity contribution in [2.45, 2.75) is 18.8 Å². The molecule has 4 rings (SSSR count). The van der Waals surface area contributed by atoms with E-state index in [1.54, 1.807) is 14.2 Å². The molecule has 1 aromatic carbocycles. The number of aryl methyl sites for hydroxylation is 1. The molecule has 1 saturated carbocycles. The van der Waals surface area contributed by atoms with Gasteiger partial charge < -0.3 is 14.5 Å². The standard InChI is InChI=1S/C16H18N4O2/c1-20-16-13(12(19-20)9-7-8-9)17-15(18-16)10-5-4-6-11(21-2)14(10)22-3/h4-6,9H,7-8H2,1-3H3,(H,17,18). The van der Waals surface area contributed by atoms with Crippen molar-refractivity contribution in [1.82, 2.24) is 19.7 Å². The fourth-order valence-electron chi connectivity index (χ4n) is 2.88. The quantitative estimate of drug-likeness (QED) is 0.804. The van der Waals surface area contributed by atoms with Gasteiger partial charge in [0, 0.05) is 13.0 Å². The summed E-state index contributed by atoms with van der Waals surface area (Å²) in [5, 5.41) is 4.59. The summed E-state index contributed by atoms with van der Waals surface area (Å²) in [6.07, 6.45) is 2.42. The number of imidazole rings is 1. The molecule has 1 fully saturated rings. The molecule has 0 aliphatic heterocycles. The van der Waals surface area contributed by atoms with Crippen molar-refractivity contribution in [3.05, 3.63) is 23.9 Å². The molecule has 0 radical (unpaired) electrons. The van der Waals surface area contributed by atoms with Crippen LogP contribution in [0.5, 0.6) is 11.5 Å². The Labute approximate surface area is 128 Å². The molecule has 3 aromatic rings. The maximum absolute atomic E-state index is 5.51. The minimum absolute atomic E-state index is 0.573. The number of nitrogens with one attached hydrogen (secondary N) is 1. The molecule has 1 aliphatic rings. The molecule has 1 aliphatic carbocycles. The molecular weight excluding hydrogens is 280 g/mol. The van der Waals surface area contributed by atoms with Crippen LogP contribution in [0.2, 0.25) is 0 Å². The zero-order chi connectivity index (χ0) is 15.3. The number of hydrogen-bond donors (Lipinski definition) is 1. The number of nitrogens with zero attached hydrogens (tertiary/aromatic N) is 3. The van der Waals surface area contributed by atoms with Crippen LogP contribution in [0.25, 0.3) is 22.6 Å². The van der Waals surface area contributed by atoms with E-state index in [4.69, 9.17) is 14.5 Å². The van der Waals surface area contributed by atoms with E-state index in [0.717, 1.165) is 28.2 Å². The lowest BCUT2D eigenvalue weighted by Gasteiger charge is -2.10. The van der Waals surface area contributed by atoms with Crippen LogP contribution in [-0.4, -0.2) is 34.0 Å². The fraction of sp³-hybridized carbons (Fsp3) is 0.375. The normalized spacial score (nSPS) is 14.5. The Bertz CT molecular complexity index is 845. The second-order valence-electron chi connectivity index (χ2n) is 5.61. The maximum atomic E-state index is 5.51. The molecule has 6 heteroatoms. The largest absolute Gasteiger partial charge is 0.493 e. The van der Waals surface area contributed by atoms with Gasteiger partial charge >= 0.3 is 0 Å². The van der Waals surface area contributed by atoms with Gasteiger partial charge in [-0.1, -0.05) is 6.07 Å². The first-order chi connectivity index (χ1) is 10.7. The number of hydrogen-bond acceptors (Lipinski definition) is 4. The third-order valence-corrected chi connectivity index (χ3v) is 4.13. The number of H-pyrrole nitrogens is 1. The minimum atomic E-state index is 0.573. The monoisotopic (exact) mass is 298 g/mol.